The Balaban J connectivity index is 1.68. The molecule has 27 heavy (non-hydrogen) atoms. The largest absolute Gasteiger partial charge is 0.302 e. The first kappa shape index (κ1) is 19.3. The van der Waals surface area contributed by atoms with Crippen LogP contribution in [0.2, 0.25) is 0 Å². The summed E-state index contributed by atoms with van der Waals surface area (Å²) in [5, 5.41) is 3.38. The first-order valence-corrected chi connectivity index (χ1v) is 11.0. The molecule has 0 saturated carbocycles. The topological polar surface area (TPSA) is 76.1 Å². The molecule has 140 valence electrons. The third-order valence-electron chi connectivity index (χ3n) is 4.12. The molecule has 0 saturated heterocycles. The summed E-state index contributed by atoms with van der Waals surface area (Å²) in [6, 6.07) is 16.3. The molecule has 0 aliphatic carbocycles. The van der Waals surface area contributed by atoms with Crippen molar-refractivity contribution in [3.8, 4) is 11.3 Å². The van der Waals surface area contributed by atoms with Crippen LogP contribution in [0.1, 0.15) is 17.4 Å². The van der Waals surface area contributed by atoms with Gasteiger partial charge >= 0.3 is 0 Å². The average Bonchev–Trinajstić information content (AvgIpc) is 3.02. The van der Waals surface area contributed by atoms with E-state index in [0.29, 0.717) is 5.13 Å². The summed E-state index contributed by atoms with van der Waals surface area (Å²) in [5.74, 6) is -0.130. The highest BCUT2D eigenvalue weighted by molar-refractivity contribution is 7.91. The summed E-state index contributed by atoms with van der Waals surface area (Å²) >= 11 is 1.43. The molecule has 0 aliphatic rings. The SMILES string of the molecule is CCS(=O)(=O)c1ccc(CC(=O)Nc2nc(-c3ccccc3)c(C)s2)cc1. The summed E-state index contributed by atoms with van der Waals surface area (Å²) < 4.78 is 23.7. The van der Waals surface area contributed by atoms with Gasteiger partial charge in [-0.25, -0.2) is 13.4 Å². The maximum atomic E-state index is 12.3. The van der Waals surface area contributed by atoms with Crippen LogP contribution >= 0.6 is 11.3 Å². The average molecular weight is 401 g/mol. The molecule has 0 atom stereocenters. The molecule has 0 fully saturated rings. The van der Waals surface area contributed by atoms with Gasteiger partial charge in [0.15, 0.2) is 15.0 Å². The number of sulfone groups is 1. The minimum atomic E-state index is -3.23. The number of nitrogens with zero attached hydrogens (tertiary/aromatic N) is 1. The molecule has 0 bridgehead atoms. The number of benzene rings is 2. The highest BCUT2D eigenvalue weighted by Gasteiger charge is 2.14. The quantitative estimate of drug-likeness (QED) is 0.676. The maximum Gasteiger partial charge on any atom is 0.230 e. The number of anilines is 1. The maximum absolute atomic E-state index is 12.3. The van der Waals surface area contributed by atoms with Crippen LogP contribution in [0.25, 0.3) is 11.3 Å². The van der Waals surface area contributed by atoms with Gasteiger partial charge in [0, 0.05) is 10.4 Å². The van der Waals surface area contributed by atoms with E-state index in [4.69, 9.17) is 0 Å². The van der Waals surface area contributed by atoms with Crippen molar-refractivity contribution in [2.45, 2.75) is 25.2 Å². The van der Waals surface area contributed by atoms with Crippen LogP contribution in [-0.2, 0) is 21.1 Å². The lowest BCUT2D eigenvalue weighted by Crippen LogP contribution is -2.14. The standard InChI is InChI=1S/C20H20N2O3S2/c1-3-27(24,25)17-11-9-15(10-12-17)13-18(23)21-20-22-19(14(2)26-20)16-7-5-4-6-8-16/h4-12H,3,13H2,1-2H3,(H,21,22,23). The van der Waals surface area contributed by atoms with Crippen LogP contribution < -0.4 is 5.32 Å². The predicted molar refractivity (Wildman–Crippen MR) is 109 cm³/mol. The van der Waals surface area contributed by atoms with Gasteiger partial charge in [-0.1, -0.05) is 49.4 Å². The lowest BCUT2D eigenvalue weighted by Gasteiger charge is -2.04. The Morgan fingerprint density at radius 2 is 1.74 bits per heavy atom. The van der Waals surface area contributed by atoms with Gasteiger partial charge in [-0.15, -0.1) is 11.3 Å². The lowest BCUT2D eigenvalue weighted by molar-refractivity contribution is -0.115. The molecular formula is C20H20N2O3S2. The molecule has 0 aliphatic heterocycles. The van der Waals surface area contributed by atoms with Gasteiger partial charge in [-0.3, -0.25) is 4.79 Å². The molecule has 1 heterocycles. The number of hydrogen-bond donors (Lipinski definition) is 1. The van der Waals surface area contributed by atoms with E-state index in [1.807, 2.05) is 37.3 Å². The molecular weight excluding hydrogens is 380 g/mol. The number of rotatable bonds is 6. The van der Waals surface area contributed by atoms with Crippen LogP contribution in [0.5, 0.6) is 0 Å². The Labute approximate surface area is 163 Å². The third kappa shape index (κ3) is 4.61. The smallest absolute Gasteiger partial charge is 0.230 e. The Kier molecular flexibility index (Phi) is 5.72. The van der Waals surface area contributed by atoms with Crippen molar-refractivity contribution < 1.29 is 13.2 Å². The minimum Gasteiger partial charge on any atom is -0.302 e. The summed E-state index contributed by atoms with van der Waals surface area (Å²) in [6.45, 7) is 3.58. The molecule has 5 nitrogen and oxygen atoms in total. The highest BCUT2D eigenvalue weighted by Crippen LogP contribution is 2.30. The number of aryl methyl sites for hydroxylation is 1. The van der Waals surface area contributed by atoms with Crippen molar-refractivity contribution in [3.05, 3.63) is 65.0 Å². The Bertz CT molecular complexity index is 1040. The van der Waals surface area contributed by atoms with E-state index in [0.717, 1.165) is 21.7 Å². The van der Waals surface area contributed by atoms with Crippen molar-refractivity contribution in [2.24, 2.45) is 0 Å². The molecule has 1 aromatic heterocycles. The van der Waals surface area contributed by atoms with E-state index < -0.39 is 9.84 Å². The van der Waals surface area contributed by atoms with Gasteiger partial charge in [0.25, 0.3) is 0 Å². The molecule has 2 aromatic carbocycles. The van der Waals surface area contributed by atoms with E-state index in [1.54, 1.807) is 31.2 Å². The van der Waals surface area contributed by atoms with E-state index in [-0.39, 0.29) is 23.0 Å². The highest BCUT2D eigenvalue weighted by atomic mass is 32.2. The molecule has 7 heteroatoms. The molecule has 0 unspecified atom stereocenters. The monoisotopic (exact) mass is 400 g/mol. The van der Waals surface area contributed by atoms with E-state index in [2.05, 4.69) is 10.3 Å². The van der Waals surface area contributed by atoms with E-state index in [1.165, 1.54) is 11.3 Å². The molecule has 3 aromatic rings. The second-order valence-electron chi connectivity index (χ2n) is 6.06. The van der Waals surface area contributed by atoms with Crippen molar-refractivity contribution in [2.75, 3.05) is 11.1 Å². The Hall–Kier alpha value is -2.51. The van der Waals surface area contributed by atoms with Crippen molar-refractivity contribution >= 4 is 32.2 Å². The molecule has 3 rings (SSSR count). The van der Waals surface area contributed by atoms with Crippen molar-refractivity contribution in [1.29, 1.82) is 0 Å². The second-order valence-corrected chi connectivity index (χ2v) is 9.54. The van der Waals surface area contributed by atoms with Gasteiger partial charge in [-0.05, 0) is 24.6 Å². The van der Waals surface area contributed by atoms with Gasteiger partial charge in [0.2, 0.25) is 5.91 Å². The third-order valence-corrected chi connectivity index (χ3v) is 6.75. The predicted octanol–water partition coefficient (Wildman–Crippen LogP) is 4.09. The number of nitrogens with one attached hydrogen (secondary N) is 1. The summed E-state index contributed by atoms with van der Waals surface area (Å²) in [4.78, 5) is 18.1. The number of amides is 1. The molecule has 1 N–H and O–H groups in total. The number of thiazole rings is 1. The van der Waals surface area contributed by atoms with Crippen LogP contribution in [0, 0.1) is 6.92 Å². The Morgan fingerprint density at radius 3 is 2.37 bits per heavy atom. The summed E-state index contributed by atoms with van der Waals surface area (Å²) in [5.41, 5.74) is 2.63. The molecule has 1 amide bonds. The van der Waals surface area contributed by atoms with Crippen LogP contribution in [0.3, 0.4) is 0 Å². The minimum absolute atomic E-state index is 0.0555. The summed E-state index contributed by atoms with van der Waals surface area (Å²) in [6.07, 6.45) is 0.158. The van der Waals surface area contributed by atoms with Gasteiger partial charge in [-0.2, -0.15) is 0 Å². The van der Waals surface area contributed by atoms with Crippen molar-refractivity contribution in [1.82, 2.24) is 4.98 Å². The lowest BCUT2D eigenvalue weighted by atomic mass is 10.1. The van der Waals surface area contributed by atoms with Gasteiger partial charge < -0.3 is 5.32 Å². The van der Waals surface area contributed by atoms with Crippen molar-refractivity contribution in [3.63, 3.8) is 0 Å². The number of hydrogen-bond acceptors (Lipinski definition) is 5. The normalized spacial score (nSPS) is 11.3. The molecule has 0 radical (unpaired) electrons. The van der Waals surface area contributed by atoms with Gasteiger partial charge in [0.05, 0.1) is 22.8 Å². The Morgan fingerprint density at radius 1 is 1.07 bits per heavy atom. The van der Waals surface area contributed by atoms with E-state index in [9.17, 15) is 13.2 Å². The first-order valence-electron chi connectivity index (χ1n) is 8.53. The van der Waals surface area contributed by atoms with E-state index >= 15 is 0 Å². The summed E-state index contributed by atoms with van der Waals surface area (Å²) in [7, 11) is -3.23. The number of aromatic nitrogens is 1. The van der Waals surface area contributed by atoms with Crippen LogP contribution in [0.4, 0.5) is 5.13 Å². The fraction of sp³-hybridized carbons (Fsp3) is 0.200. The first-order chi connectivity index (χ1) is 12.9. The fourth-order valence-electron chi connectivity index (χ4n) is 2.64. The number of carbonyl (C=O) groups is 1. The zero-order chi connectivity index (χ0) is 19.4. The molecule has 0 spiro atoms. The van der Waals surface area contributed by atoms with Crippen LogP contribution in [-0.4, -0.2) is 25.1 Å². The fourth-order valence-corrected chi connectivity index (χ4v) is 4.38. The van der Waals surface area contributed by atoms with Gasteiger partial charge in [0.1, 0.15) is 0 Å². The second kappa shape index (κ2) is 8.02. The number of carbonyl (C=O) groups excluding carboxylic acids is 1. The van der Waals surface area contributed by atoms with Crippen LogP contribution in [0.15, 0.2) is 59.5 Å². The zero-order valence-electron chi connectivity index (χ0n) is 15.1. The zero-order valence-corrected chi connectivity index (χ0v) is 16.7.